The topological polar surface area (TPSA) is 60.7 Å². The second-order valence-electron chi connectivity index (χ2n) is 14.8. The van der Waals surface area contributed by atoms with Crippen molar-refractivity contribution in [3.05, 3.63) is 11.6 Å². The van der Waals surface area contributed by atoms with E-state index in [0.29, 0.717) is 34.5 Å². The van der Waals surface area contributed by atoms with Crippen LogP contribution in [0.4, 0.5) is 0 Å². The van der Waals surface area contributed by atoms with Gasteiger partial charge in [-0.05, 0) is 110 Å². The summed E-state index contributed by atoms with van der Waals surface area (Å²) in [5, 5.41) is 32.1. The van der Waals surface area contributed by atoms with Gasteiger partial charge in [0.05, 0.1) is 18.8 Å². The summed E-state index contributed by atoms with van der Waals surface area (Å²) in [4.78, 5) is 0. The molecule has 0 aromatic rings. The Hall–Kier alpha value is -0.380. The van der Waals surface area contributed by atoms with Gasteiger partial charge in [0.2, 0.25) is 0 Å². The van der Waals surface area contributed by atoms with Crippen molar-refractivity contribution in [2.45, 2.75) is 118 Å². The maximum Gasteiger partial charge on any atom is 0.0618 e. The zero-order chi connectivity index (χ0) is 24.0. The van der Waals surface area contributed by atoms with Crippen LogP contribution in [0.5, 0.6) is 0 Å². The molecule has 5 aliphatic rings. The highest BCUT2D eigenvalue weighted by Crippen LogP contribution is 2.70. The van der Waals surface area contributed by atoms with E-state index in [4.69, 9.17) is 0 Å². The number of hydrogen-bond donors (Lipinski definition) is 3. The molecule has 0 aromatic heterocycles. The van der Waals surface area contributed by atoms with Crippen molar-refractivity contribution in [3.63, 3.8) is 0 Å². The van der Waals surface area contributed by atoms with Crippen LogP contribution in [-0.2, 0) is 0 Å². The Kier molecular flexibility index (Phi) is 5.57. The van der Waals surface area contributed by atoms with Crippen molar-refractivity contribution in [2.24, 2.45) is 50.7 Å². The fraction of sp³-hybridized carbons (Fsp3) is 0.933. The van der Waals surface area contributed by atoms with Gasteiger partial charge in [-0.3, -0.25) is 0 Å². The summed E-state index contributed by atoms with van der Waals surface area (Å²) in [6, 6.07) is 0. The molecule has 33 heavy (non-hydrogen) atoms. The van der Waals surface area contributed by atoms with Gasteiger partial charge in [0.25, 0.3) is 0 Å². The fourth-order valence-electron chi connectivity index (χ4n) is 11.0. The molecule has 5 rings (SSSR count). The Bertz CT molecular complexity index is 817. The number of hydrogen-bond acceptors (Lipinski definition) is 3. The van der Waals surface area contributed by atoms with E-state index in [1.165, 1.54) is 38.5 Å². The average Bonchev–Trinajstić information content (AvgIpc) is 2.91. The summed E-state index contributed by atoms with van der Waals surface area (Å²) in [5.74, 6) is 2.25. The molecule has 4 fully saturated rings. The largest absolute Gasteiger partial charge is 0.396 e. The Balaban J connectivity index is 1.50. The molecule has 0 aromatic carbocycles. The van der Waals surface area contributed by atoms with Crippen molar-refractivity contribution >= 4 is 0 Å². The van der Waals surface area contributed by atoms with E-state index >= 15 is 0 Å². The molecule has 0 aliphatic heterocycles. The first-order chi connectivity index (χ1) is 15.3. The molecule has 0 radical (unpaired) electrons. The lowest BCUT2D eigenvalue weighted by Gasteiger charge is -2.63. The summed E-state index contributed by atoms with van der Waals surface area (Å²) >= 11 is 0. The Morgan fingerprint density at radius 1 is 0.758 bits per heavy atom. The molecule has 3 heteroatoms. The van der Waals surface area contributed by atoms with E-state index < -0.39 is 11.5 Å². The van der Waals surface area contributed by atoms with Crippen LogP contribution in [0.15, 0.2) is 11.6 Å². The third-order valence-electron chi connectivity index (χ3n) is 13.0. The Morgan fingerprint density at radius 3 is 2.12 bits per heavy atom. The first-order valence-electron chi connectivity index (χ1n) is 14.0. The highest BCUT2D eigenvalue weighted by molar-refractivity contribution is 5.25. The number of allylic oxidation sites excluding steroid dienone is 2. The van der Waals surface area contributed by atoms with Gasteiger partial charge in [0.15, 0.2) is 0 Å². The van der Waals surface area contributed by atoms with Crippen LogP contribution < -0.4 is 0 Å². The average molecular weight is 459 g/mol. The minimum Gasteiger partial charge on any atom is -0.396 e. The summed E-state index contributed by atoms with van der Waals surface area (Å²) in [5.41, 5.74) is 2.15. The summed E-state index contributed by atoms with van der Waals surface area (Å²) in [7, 11) is 0. The van der Waals surface area contributed by atoms with E-state index in [1.54, 1.807) is 5.57 Å². The van der Waals surface area contributed by atoms with E-state index in [1.807, 2.05) is 0 Å². The van der Waals surface area contributed by atoms with Crippen molar-refractivity contribution in [1.29, 1.82) is 0 Å². The minimum absolute atomic E-state index is 0.00614. The maximum atomic E-state index is 10.9. The van der Waals surface area contributed by atoms with Gasteiger partial charge in [0.1, 0.15) is 0 Å². The quantitative estimate of drug-likeness (QED) is 0.415. The number of rotatable bonds is 1. The molecule has 3 N–H and O–H groups in total. The van der Waals surface area contributed by atoms with Gasteiger partial charge in [-0.2, -0.15) is 0 Å². The SMILES string of the molecule is CC1(C)[C@H]2CC[C@@]3(C)CC4=CC[C@@H]5[C@](C)(CC[C@@H](O)[C@]5(C)CO)[C@H]4CC[C@H]3[C@@]2(C)CC[C@@H]1O. The molecule has 0 heterocycles. The summed E-state index contributed by atoms with van der Waals surface area (Å²) in [6.07, 6.45) is 13.3. The lowest BCUT2D eigenvalue weighted by atomic mass is 9.42. The van der Waals surface area contributed by atoms with E-state index in [9.17, 15) is 15.3 Å². The molecule has 3 nitrogen and oxygen atoms in total. The van der Waals surface area contributed by atoms with Crippen LogP contribution in [0.1, 0.15) is 106 Å². The van der Waals surface area contributed by atoms with Gasteiger partial charge in [-0.1, -0.05) is 53.2 Å². The number of aliphatic hydroxyl groups excluding tert-OH is 3. The van der Waals surface area contributed by atoms with Crippen molar-refractivity contribution in [3.8, 4) is 0 Å². The zero-order valence-electron chi connectivity index (χ0n) is 22.2. The van der Waals surface area contributed by atoms with Gasteiger partial charge in [0, 0.05) is 5.41 Å². The molecule has 0 amide bonds. The molecular weight excluding hydrogens is 408 g/mol. The van der Waals surface area contributed by atoms with Crippen LogP contribution in [0.25, 0.3) is 0 Å². The van der Waals surface area contributed by atoms with Crippen molar-refractivity contribution in [1.82, 2.24) is 0 Å². The van der Waals surface area contributed by atoms with E-state index in [2.05, 4.69) is 47.6 Å². The molecule has 0 bridgehead atoms. The van der Waals surface area contributed by atoms with Crippen LogP contribution in [0.2, 0.25) is 0 Å². The fourth-order valence-corrected chi connectivity index (χ4v) is 11.0. The summed E-state index contributed by atoms with van der Waals surface area (Å²) < 4.78 is 0. The third-order valence-corrected chi connectivity index (χ3v) is 13.0. The first kappa shape index (κ1) is 24.3. The highest BCUT2D eigenvalue weighted by atomic mass is 16.3. The number of aliphatic hydroxyl groups is 3. The van der Waals surface area contributed by atoms with E-state index in [-0.39, 0.29) is 23.5 Å². The normalized spacial score (nSPS) is 55.8. The lowest BCUT2D eigenvalue weighted by molar-refractivity contribution is -0.170. The first-order valence-corrected chi connectivity index (χ1v) is 14.0. The molecule has 10 atom stereocenters. The van der Waals surface area contributed by atoms with Crippen molar-refractivity contribution in [2.75, 3.05) is 6.61 Å². The molecular formula is C30H50O3. The van der Waals surface area contributed by atoms with Gasteiger partial charge >= 0.3 is 0 Å². The van der Waals surface area contributed by atoms with Gasteiger partial charge in [-0.25, -0.2) is 0 Å². The molecule has 188 valence electrons. The minimum atomic E-state index is -0.392. The Labute approximate surface area is 202 Å². The monoisotopic (exact) mass is 458 g/mol. The molecule has 0 saturated heterocycles. The zero-order valence-corrected chi connectivity index (χ0v) is 22.2. The molecule has 0 spiro atoms. The predicted molar refractivity (Wildman–Crippen MR) is 134 cm³/mol. The number of fused-ring (bicyclic) bond motifs is 6. The lowest BCUT2D eigenvalue weighted by Crippen LogP contribution is -2.58. The second kappa shape index (κ2) is 7.56. The van der Waals surface area contributed by atoms with Crippen molar-refractivity contribution < 1.29 is 15.3 Å². The maximum absolute atomic E-state index is 10.9. The molecule has 5 aliphatic carbocycles. The van der Waals surface area contributed by atoms with Crippen LogP contribution in [0, 0.1) is 50.7 Å². The Morgan fingerprint density at radius 2 is 1.42 bits per heavy atom. The van der Waals surface area contributed by atoms with E-state index in [0.717, 1.165) is 25.7 Å². The second-order valence-corrected chi connectivity index (χ2v) is 14.8. The van der Waals surface area contributed by atoms with Gasteiger partial charge < -0.3 is 15.3 Å². The molecule has 4 saturated carbocycles. The third kappa shape index (κ3) is 3.17. The van der Waals surface area contributed by atoms with Crippen LogP contribution in [-0.4, -0.2) is 34.1 Å². The standard InChI is InChI=1S/C30H50O3/c1-26(2)21-11-14-27(3)17-19-7-9-23-28(4,15-13-25(33)30(23,6)18-31)20(19)8-10-22(27)29(21,5)16-12-24(26)32/h7,20-25,31-33H,8-18H2,1-6H3/t20-,21+,22+,23+,24-,25+,27-,28+,29-,30+/m0/s1. The van der Waals surface area contributed by atoms with Crippen LogP contribution >= 0.6 is 0 Å². The smallest absolute Gasteiger partial charge is 0.0618 e. The summed E-state index contributed by atoms with van der Waals surface area (Å²) in [6.45, 7) is 14.6. The van der Waals surface area contributed by atoms with Gasteiger partial charge in [-0.15, -0.1) is 0 Å². The molecule has 0 unspecified atom stereocenters. The predicted octanol–water partition coefficient (Wildman–Crippen LogP) is 6.11. The highest BCUT2D eigenvalue weighted by Gasteiger charge is 2.63. The van der Waals surface area contributed by atoms with Crippen LogP contribution in [0.3, 0.4) is 0 Å².